The first-order valence-corrected chi connectivity index (χ1v) is 12.8. The maximum atomic E-state index is 13.9. The second kappa shape index (κ2) is 13.0. The molecule has 0 spiro atoms. The number of nitrogens with one attached hydrogen (secondary N) is 3. The third kappa shape index (κ3) is 6.99. The number of amides is 2. The molecule has 11 heteroatoms. The summed E-state index contributed by atoms with van der Waals surface area (Å²) in [7, 11) is 0. The lowest BCUT2D eigenvalue weighted by Crippen LogP contribution is -2.35. The monoisotopic (exact) mass is 540 g/mol. The second-order valence-corrected chi connectivity index (χ2v) is 9.12. The van der Waals surface area contributed by atoms with Crippen LogP contribution in [0.4, 0.5) is 10.1 Å². The quantitative estimate of drug-likeness (QED) is 0.322. The smallest absolute Gasteiger partial charge is 0.328 e. The number of hydrogen-bond acceptors (Lipinski definition) is 5. The average molecular weight is 541 g/mol. The number of aryl methyl sites for hydroxylation is 1. The summed E-state index contributed by atoms with van der Waals surface area (Å²) in [4.78, 5) is 50.5. The molecule has 10 nitrogen and oxygen atoms in total. The predicted octanol–water partition coefficient (Wildman–Crippen LogP) is 3.44. The van der Waals surface area contributed by atoms with Crippen LogP contribution in [0.3, 0.4) is 0 Å². The highest BCUT2D eigenvalue weighted by atomic mass is 19.1. The van der Waals surface area contributed by atoms with E-state index in [9.17, 15) is 23.6 Å². The van der Waals surface area contributed by atoms with Crippen molar-refractivity contribution in [3.63, 3.8) is 0 Å². The van der Waals surface area contributed by atoms with Gasteiger partial charge < -0.3 is 30.7 Å². The average Bonchev–Trinajstić information content (AvgIpc) is 3.40. The first kappa shape index (κ1) is 29.3. The van der Waals surface area contributed by atoms with Crippen molar-refractivity contribution in [2.24, 2.45) is 0 Å². The minimum atomic E-state index is -1.26. The van der Waals surface area contributed by atoms with Crippen molar-refractivity contribution in [3.8, 4) is 0 Å². The van der Waals surface area contributed by atoms with Gasteiger partial charge in [-0.15, -0.1) is 0 Å². The highest BCUT2D eigenvalue weighted by Crippen LogP contribution is 2.43. The van der Waals surface area contributed by atoms with E-state index in [1.807, 2.05) is 6.92 Å². The molecule has 2 amide bonds. The number of carbonyl (C=O) groups is 4. The summed E-state index contributed by atoms with van der Waals surface area (Å²) in [5.41, 5.74) is 5.82. The Morgan fingerprint density at radius 3 is 2.38 bits per heavy atom. The number of allylic oxidation sites excluding steroid dienone is 1. The highest BCUT2D eigenvalue weighted by molar-refractivity contribution is 6.37. The molecule has 0 radical (unpaired) electrons. The van der Waals surface area contributed by atoms with Gasteiger partial charge in [-0.2, -0.15) is 0 Å². The van der Waals surface area contributed by atoms with Crippen LogP contribution >= 0.6 is 0 Å². The van der Waals surface area contributed by atoms with E-state index in [4.69, 9.17) is 10.2 Å². The Hall–Kier alpha value is -4.25. The van der Waals surface area contributed by atoms with Crippen LogP contribution in [0.1, 0.15) is 59.6 Å². The van der Waals surface area contributed by atoms with Crippen molar-refractivity contribution >= 4 is 40.6 Å². The summed E-state index contributed by atoms with van der Waals surface area (Å²) < 4.78 is 13.9. The van der Waals surface area contributed by atoms with Crippen LogP contribution in [0, 0.1) is 12.7 Å². The van der Waals surface area contributed by atoms with Crippen LogP contribution in [0.25, 0.3) is 11.1 Å². The van der Waals surface area contributed by atoms with Gasteiger partial charge in [-0.1, -0.05) is 13.8 Å². The molecule has 208 valence electrons. The molecule has 2 aromatic rings. The van der Waals surface area contributed by atoms with Gasteiger partial charge >= 0.3 is 11.9 Å². The van der Waals surface area contributed by atoms with E-state index in [1.54, 1.807) is 6.07 Å². The van der Waals surface area contributed by atoms with E-state index in [2.05, 4.69) is 34.4 Å². The predicted molar refractivity (Wildman–Crippen MR) is 145 cm³/mol. The Bertz CT molecular complexity index is 1320. The number of fused-ring (bicyclic) bond motifs is 2. The highest BCUT2D eigenvalue weighted by Gasteiger charge is 2.33. The fourth-order valence-corrected chi connectivity index (χ4v) is 4.85. The topological polar surface area (TPSA) is 152 Å². The fourth-order valence-electron chi connectivity index (χ4n) is 4.85. The number of aliphatic carboxylic acids is 2. The lowest BCUT2D eigenvalue weighted by Gasteiger charge is -2.19. The van der Waals surface area contributed by atoms with Gasteiger partial charge in [0.05, 0.1) is 11.1 Å². The number of carboxylic acids is 2. The largest absolute Gasteiger partial charge is 0.478 e. The minimum Gasteiger partial charge on any atom is -0.478 e. The Morgan fingerprint density at radius 1 is 1.10 bits per heavy atom. The van der Waals surface area contributed by atoms with Crippen molar-refractivity contribution in [1.29, 1.82) is 0 Å². The van der Waals surface area contributed by atoms with Gasteiger partial charge in [-0.3, -0.25) is 9.59 Å². The minimum absolute atomic E-state index is 0.0873. The first-order valence-electron chi connectivity index (χ1n) is 12.8. The Morgan fingerprint density at radius 2 is 1.77 bits per heavy atom. The first-order chi connectivity index (χ1) is 18.6. The number of aromatic amines is 1. The van der Waals surface area contributed by atoms with Crippen molar-refractivity contribution in [3.05, 3.63) is 64.2 Å². The number of carboxylic acid groups (broad SMARTS) is 2. The molecule has 0 unspecified atom stereocenters. The van der Waals surface area contributed by atoms with Crippen molar-refractivity contribution in [2.45, 2.75) is 40.0 Å². The zero-order valence-corrected chi connectivity index (χ0v) is 22.2. The summed E-state index contributed by atoms with van der Waals surface area (Å²) in [6.07, 6.45) is 3.42. The normalized spacial score (nSPS) is 15.9. The molecule has 0 atom stereocenters. The molecule has 0 saturated carbocycles. The zero-order valence-electron chi connectivity index (χ0n) is 22.2. The lowest BCUT2D eigenvalue weighted by atomic mass is 9.86. The molecule has 0 saturated heterocycles. The third-order valence-electron chi connectivity index (χ3n) is 6.68. The van der Waals surface area contributed by atoms with Crippen LogP contribution in [0.2, 0.25) is 0 Å². The number of halogens is 1. The molecule has 2 aliphatic rings. The van der Waals surface area contributed by atoms with E-state index in [0.29, 0.717) is 47.5 Å². The number of carbonyl (C=O) groups excluding carboxylic acids is 2. The van der Waals surface area contributed by atoms with Gasteiger partial charge in [0, 0.05) is 47.9 Å². The van der Waals surface area contributed by atoms with E-state index in [-0.39, 0.29) is 17.6 Å². The Balaban J connectivity index is 0.000000459. The molecule has 0 bridgehead atoms. The number of aromatic nitrogens is 1. The number of H-pyrrole nitrogens is 1. The molecule has 1 aliphatic heterocycles. The van der Waals surface area contributed by atoms with Crippen LogP contribution < -0.4 is 10.6 Å². The van der Waals surface area contributed by atoms with Gasteiger partial charge in [0.1, 0.15) is 5.82 Å². The molecular formula is C28H33FN4O6. The zero-order chi connectivity index (χ0) is 28.7. The standard InChI is InChI=1S/C24H29FN4O2.C4H4O4/c1-4-29(5-2)12-11-26-23(30)20-14(3)27-22-16(20)7-6-8-17(22)21-18-13-15(25)9-10-19(18)28-24(21)31;5-3(6)1-2-4(7)8/h9-10,13,27H,4-8,11-12H2,1-3H3,(H,26,30)(H,28,31);1-2H,(H,5,6)(H,7,8). The van der Waals surface area contributed by atoms with E-state index >= 15 is 0 Å². The summed E-state index contributed by atoms with van der Waals surface area (Å²) >= 11 is 0. The number of rotatable bonds is 8. The van der Waals surface area contributed by atoms with Gasteiger partial charge in [-0.05, 0) is 68.6 Å². The van der Waals surface area contributed by atoms with Gasteiger partial charge in [0.2, 0.25) is 0 Å². The number of benzene rings is 1. The summed E-state index contributed by atoms with van der Waals surface area (Å²) in [5, 5.41) is 21.5. The number of anilines is 1. The van der Waals surface area contributed by atoms with Crippen LogP contribution in [0.15, 0.2) is 30.4 Å². The molecule has 39 heavy (non-hydrogen) atoms. The van der Waals surface area contributed by atoms with E-state index < -0.39 is 11.9 Å². The maximum Gasteiger partial charge on any atom is 0.328 e. The summed E-state index contributed by atoms with van der Waals surface area (Å²) in [5.74, 6) is -3.20. The van der Waals surface area contributed by atoms with Crippen molar-refractivity contribution in [1.82, 2.24) is 15.2 Å². The molecule has 4 rings (SSSR count). The van der Waals surface area contributed by atoms with E-state index in [1.165, 1.54) is 12.1 Å². The van der Waals surface area contributed by atoms with Gasteiger partial charge in [0.15, 0.2) is 0 Å². The van der Waals surface area contributed by atoms with Crippen molar-refractivity contribution in [2.75, 3.05) is 31.5 Å². The van der Waals surface area contributed by atoms with Crippen molar-refractivity contribution < 1.29 is 33.8 Å². The third-order valence-corrected chi connectivity index (χ3v) is 6.68. The Labute approximate surface area is 225 Å². The second-order valence-electron chi connectivity index (χ2n) is 9.12. The van der Waals surface area contributed by atoms with Crippen LogP contribution in [0.5, 0.6) is 0 Å². The molecule has 1 aliphatic carbocycles. The number of hydrogen-bond donors (Lipinski definition) is 5. The summed E-state index contributed by atoms with van der Waals surface area (Å²) in [6.45, 7) is 9.40. The Kier molecular flexibility index (Phi) is 9.78. The van der Waals surface area contributed by atoms with Crippen LogP contribution in [-0.2, 0) is 20.8 Å². The summed E-state index contributed by atoms with van der Waals surface area (Å²) in [6, 6.07) is 4.34. The van der Waals surface area contributed by atoms with Gasteiger partial charge in [0.25, 0.3) is 11.8 Å². The lowest BCUT2D eigenvalue weighted by molar-refractivity contribution is -0.134. The fraction of sp³-hybridized carbons (Fsp3) is 0.357. The molecule has 2 heterocycles. The number of likely N-dealkylation sites (N-methyl/N-ethyl adjacent to an activating group) is 1. The van der Waals surface area contributed by atoms with Crippen LogP contribution in [-0.4, -0.2) is 70.0 Å². The molecule has 1 aromatic heterocycles. The molecule has 1 aromatic carbocycles. The van der Waals surface area contributed by atoms with E-state index in [0.717, 1.165) is 55.0 Å². The SMILES string of the molecule is CCN(CC)CCNC(=O)c1c(C)[nH]c2c1CCCC2=C1C(=O)Nc2ccc(F)cc21.O=C(O)C=CC(=O)O. The molecule has 5 N–H and O–H groups in total. The van der Waals surface area contributed by atoms with Gasteiger partial charge in [-0.25, -0.2) is 14.0 Å². The molecular weight excluding hydrogens is 507 g/mol. The number of nitrogens with zero attached hydrogens (tertiary/aromatic N) is 1. The molecule has 0 fully saturated rings. The maximum absolute atomic E-state index is 13.9.